The molecule has 2 aromatic carbocycles. The van der Waals surface area contributed by atoms with Gasteiger partial charge in [-0.15, -0.1) is 0 Å². The Hall–Kier alpha value is -3.19. The number of amides is 1. The van der Waals surface area contributed by atoms with Gasteiger partial charge in [0.05, 0.1) is 7.11 Å². The number of aromatic nitrogens is 2. The molecule has 1 aliphatic rings. The Labute approximate surface area is 176 Å². The highest BCUT2D eigenvalue weighted by Gasteiger charge is 2.21. The molecule has 0 unspecified atom stereocenters. The first-order valence-electron chi connectivity index (χ1n) is 10.2. The van der Waals surface area contributed by atoms with E-state index in [4.69, 9.17) is 9.26 Å². The zero-order valence-electron chi connectivity index (χ0n) is 17.2. The molecule has 156 valence electrons. The third kappa shape index (κ3) is 5.04. The number of rotatable bonds is 7. The quantitative estimate of drug-likeness (QED) is 0.601. The van der Waals surface area contributed by atoms with Crippen LogP contribution in [0.15, 0.2) is 59.1 Å². The maximum Gasteiger partial charge on any atom is 0.227 e. The van der Waals surface area contributed by atoms with Crippen molar-refractivity contribution in [3.8, 4) is 17.1 Å². The fraction of sp³-hybridized carbons (Fsp3) is 0.348. The van der Waals surface area contributed by atoms with Crippen molar-refractivity contribution < 1.29 is 14.1 Å². The lowest BCUT2D eigenvalue weighted by Crippen LogP contribution is -2.48. The summed E-state index contributed by atoms with van der Waals surface area (Å²) in [6.45, 7) is 4.22. The molecule has 0 aliphatic carbocycles. The predicted octanol–water partition coefficient (Wildman–Crippen LogP) is 3.02. The van der Waals surface area contributed by atoms with Crippen molar-refractivity contribution in [2.45, 2.75) is 19.4 Å². The van der Waals surface area contributed by atoms with Crippen LogP contribution in [0.3, 0.4) is 0 Å². The number of nitrogens with zero attached hydrogens (tertiary/aromatic N) is 4. The molecule has 7 heteroatoms. The van der Waals surface area contributed by atoms with Crippen LogP contribution in [-0.2, 0) is 17.8 Å². The molecule has 0 radical (unpaired) electrons. The summed E-state index contributed by atoms with van der Waals surface area (Å²) >= 11 is 0. The van der Waals surface area contributed by atoms with E-state index in [-0.39, 0.29) is 5.91 Å². The van der Waals surface area contributed by atoms with Crippen LogP contribution in [0.2, 0.25) is 0 Å². The third-order valence-electron chi connectivity index (χ3n) is 5.32. The molecule has 1 aromatic heterocycles. The largest absolute Gasteiger partial charge is 0.497 e. The zero-order valence-corrected chi connectivity index (χ0v) is 17.2. The third-order valence-corrected chi connectivity index (χ3v) is 5.32. The first-order chi connectivity index (χ1) is 14.7. The summed E-state index contributed by atoms with van der Waals surface area (Å²) in [4.78, 5) is 21.3. The van der Waals surface area contributed by atoms with Crippen LogP contribution in [0, 0.1) is 0 Å². The van der Waals surface area contributed by atoms with E-state index in [9.17, 15) is 4.79 Å². The van der Waals surface area contributed by atoms with Crippen LogP contribution < -0.4 is 4.74 Å². The zero-order chi connectivity index (χ0) is 20.8. The SMILES string of the molecule is COc1cccc(-c2noc(CCC(=O)N3CCN(Cc4ccccc4)CC3)n2)c1. The highest BCUT2D eigenvalue weighted by molar-refractivity contribution is 5.76. The molecule has 1 saturated heterocycles. The Morgan fingerprint density at radius 3 is 2.63 bits per heavy atom. The Morgan fingerprint density at radius 2 is 1.87 bits per heavy atom. The number of methoxy groups -OCH3 is 1. The standard InChI is InChI=1S/C23H26N4O3/c1-29-20-9-5-8-19(16-20)23-24-21(30-25-23)10-11-22(28)27-14-12-26(13-15-27)17-18-6-3-2-4-7-18/h2-9,16H,10-15,17H2,1H3. The van der Waals surface area contributed by atoms with E-state index < -0.39 is 0 Å². The first-order valence-corrected chi connectivity index (χ1v) is 10.2. The maximum atomic E-state index is 12.6. The second-order valence-electron chi connectivity index (χ2n) is 7.39. The van der Waals surface area contributed by atoms with Gasteiger partial charge in [0, 0.05) is 51.1 Å². The molecule has 1 fully saturated rings. The van der Waals surface area contributed by atoms with E-state index in [0.29, 0.717) is 24.6 Å². The van der Waals surface area contributed by atoms with Gasteiger partial charge in [-0.2, -0.15) is 4.98 Å². The Bertz CT molecular complexity index is 965. The summed E-state index contributed by atoms with van der Waals surface area (Å²) in [7, 11) is 1.62. The van der Waals surface area contributed by atoms with Gasteiger partial charge >= 0.3 is 0 Å². The van der Waals surface area contributed by atoms with Gasteiger partial charge in [0.15, 0.2) is 0 Å². The van der Waals surface area contributed by atoms with E-state index in [1.54, 1.807) is 7.11 Å². The van der Waals surface area contributed by atoms with Crippen molar-refractivity contribution in [3.63, 3.8) is 0 Å². The summed E-state index contributed by atoms with van der Waals surface area (Å²) in [5.41, 5.74) is 2.13. The lowest BCUT2D eigenvalue weighted by Gasteiger charge is -2.34. The summed E-state index contributed by atoms with van der Waals surface area (Å²) in [5.74, 6) is 1.85. The minimum Gasteiger partial charge on any atom is -0.497 e. The molecular formula is C23H26N4O3. The van der Waals surface area contributed by atoms with E-state index in [1.165, 1.54) is 5.56 Å². The van der Waals surface area contributed by atoms with Gasteiger partial charge in [0.2, 0.25) is 17.6 Å². The highest BCUT2D eigenvalue weighted by Crippen LogP contribution is 2.21. The lowest BCUT2D eigenvalue weighted by atomic mass is 10.2. The van der Waals surface area contributed by atoms with Crippen LogP contribution in [0.5, 0.6) is 5.75 Å². The van der Waals surface area contributed by atoms with E-state index in [1.807, 2.05) is 35.2 Å². The number of benzene rings is 2. The average molecular weight is 406 g/mol. The Kier molecular flexibility index (Phi) is 6.39. The number of carbonyl (C=O) groups is 1. The number of aryl methyl sites for hydroxylation is 1. The molecule has 0 spiro atoms. The minimum atomic E-state index is 0.135. The molecule has 7 nitrogen and oxygen atoms in total. The normalized spacial score (nSPS) is 14.6. The van der Waals surface area contributed by atoms with Crippen molar-refractivity contribution in [1.82, 2.24) is 19.9 Å². The highest BCUT2D eigenvalue weighted by atomic mass is 16.5. The Morgan fingerprint density at radius 1 is 1.07 bits per heavy atom. The van der Waals surface area contributed by atoms with E-state index in [2.05, 4.69) is 39.3 Å². The molecule has 2 heterocycles. The van der Waals surface area contributed by atoms with Gasteiger partial charge in [0.25, 0.3) is 0 Å². The molecule has 0 saturated carbocycles. The molecule has 1 amide bonds. The fourth-order valence-electron chi connectivity index (χ4n) is 3.60. The number of ether oxygens (including phenoxy) is 1. The topological polar surface area (TPSA) is 71.7 Å². The average Bonchev–Trinajstić information content (AvgIpc) is 3.28. The van der Waals surface area contributed by atoms with Crippen molar-refractivity contribution in [1.29, 1.82) is 0 Å². The number of hydrogen-bond donors (Lipinski definition) is 0. The summed E-state index contributed by atoms with van der Waals surface area (Å²) in [6, 6.07) is 17.9. The van der Waals surface area contributed by atoms with Gasteiger partial charge in [-0.05, 0) is 17.7 Å². The van der Waals surface area contributed by atoms with Crippen LogP contribution >= 0.6 is 0 Å². The molecule has 0 bridgehead atoms. The number of piperazine rings is 1. The van der Waals surface area contributed by atoms with E-state index in [0.717, 1.165) is 44.0 Å². The maximum absolute atomic E-state index is 12.6. The summed E-state index contributed by atoms with van der Waals surface area (Å²) in [5, 5.41) is 4.03. The van der Waals surface area contributed by atoms with Crippen LogP contribution in [0.1, 0.15) is 17.9 Å². The number of carbonyl (C=O) groups excluding carboxylic acids is 1. The molecule has 1 aliphatic heterocycles. The monoisotopic (exact) mass is 406 g/mol. The second-order valence-corrected chi connectivity index (χ2v) is 7.39. The van der Waals surface area contributed by atoms with Gasteiger partial charge < -0.3 is 14.2 Å². The second kappa shape index (κ2) is 9.54. The molecular weight excluding hydrogens is 380 g/mol. The molecule has 4 rings (SSSR count). The Balaban J connectivity index is 1.25. The lowest BCUT2D eigenvalue weighted by molar-refractivity contribution is -0.133. The van der Waals surface area contributed by atoms with Gasteiger partial charge in [-0.25, -0.2) is 0 Å². The predicted molar refractivity (Wildman–Crippen MR) is 113 cm³/mol. The molecule has 3 aromatic rings. The van der Waals surface area contributed by atoms with Crippen LogP contribution in [-0.4, -0.2) is 59.1 Å². The minimum absolute atomic E-state index is 0.135. The molecule has 0 atom stereocenters. The van der Waals surface area contributed by atoms with Gasteiger partial charge in [-0.1, -0.05) is 47.6 Å². The van der Waals surface area contributed by atoms with Crippen LogP contribution in [0.25, 0.3) is 11.4 Å². The molecule has 0 N–H and O–H groups in total. The first kappa shape index (κ1) is 20.1. The summed E-state index contributed by atoms with van der Waals surface area (Å²) in [6.07, 6.45) is 0.818. The van der Waals surface area contributed by atoms with E-state index >= 15 is 0 Å². The van der Waals surface area contributed by atoms with Crippen molar-refractivity contribution in [3.05, 3.63) is 66.1 Å². The summed E-state index contributed by atoms with van der Waals surface area (Å²) < 4.78 is 10.6. The number of hydrogen-bond acceptors (Lipinski definition) is 6. The van der Waals surface area contributed by atoms with Crippen LogP contribution in [0.4, 0.5) is 0 Å². The van der Waals surface area contributed by atoms with Gasteiger partial charge in [-0.3, -0.25) is 9.69 Å². The smallest absolute Gasteiger partial charge is 0.227 e. The fourth-order valence-corrected chi connectivity index (χ4v) is 3.60. The van der Waals surface area contributed by atoms with Gasteiger partial charge in [0.1, 0.15) is 5.75 Å². The van der Waals surface area contributed by atoms with Crippen molar-refractivity contribution in [2.24, 2.45) is 0 Å². The van der Waals surface area contributed by atoms with Crippen molar-refractivity contribution >= 4 is 5.91 Å². The van der Waals surface area contributed by atoms with Crippen molar-refractivity contribution in [2.75, 3.05) is 33.3 Å². The molecule has 30 heavy (non-hydrogen) atoms.